The maximum Gasteiger partial charge on any atom is 0.371 e. The van der Waals surface area contributed by atoms with Crippen molar-refractivity contribution >= 4 is 16.9 Å². The Morgan fingerprint density at radius 1 is 1.07 bits per heavy atom. The summed E-state index contributed by atoms with van der Waals surface area (Å²) in [4.78, 5) is 23.6. The van der Waals surface area contributed by atoms with Crippen molar-refractivity contribution in [3.63, 3.8) is 0 Å². The van der Waals surface area contributed by atoms with Crippen LogP contribution >= 0.6 is 0 Å². The lowest BCUT2D eigenvalue weighted by Gasteiger charge is -2.10. The topological polar surface area (TPSA) is 99.1 Å². The van der Waals surface area contributed by atoms with E-state index in [-0.39, 0.29) is 23.5 Å². The largest absolute Gasteiger partial charge is 0.486 e. The van der Waals surface area contributed by atoms with Crippen molar-refractivity contribution in [2.24, 2.45) is 0 Å². The maximum atomic E-state index is 12.8. The number of ether oxygens (including phenoxy) is 2. The van der Waals surface area contributed by atoms with Crippen LogP contribution in [-0.2, 0) is 6.61 Å². The third-order valence-corrected chi connectivity index (χ3v) is 4.74. The van der Waals surface area contributed by atoms with Gasteiger partial charge in [-0.2, -0.15) is 0 Å². The standard InChI is InChI=1S/C23H18O7/c1-13-4-3-5-18(14(13)2)30-21-12-28-20-10-15(6-8-17(20)22(21)24)27-11-16-7-9-19(29-16)23(25)26/h3-10,12H,11H2,1-2H3,(H,25,26). The van der Waals surface area contributed by atoms with E-state index in [1.165, 1.54) is 18.4 Å². The molecule has 0 bridgehead atoms. The molecule has 30 heavy (non-hydrogen) atoms. The fraction of sp³-hybridized carbons (Fsp3) is 0.130. The second kappa shape index (κ2) is 7.79. The molecule has 0 unspecified atom stereocenters. The zero-order valence-electron chi connectivity index (χ0n) is 16.3. The Balaban J connectivity index is 1.55. The van der Waals surface area contributed by atoms with Crippen molar-refractivity contribution < 1.29 is 28.2 Å². The van der Waals surface area contributed by atoms with Crippen molar-refractivity contribution in [3.8, 4) is 17.2 Å². The summed E-state index contributed by atoms with van der Waals surface area (Å²) in [5.41, 5.74) is 2.06. The van der Waals surface area contributed by atoms with Crippen LogP contribution in [0.2, 0.25) is 0 Å². The molecule has 0 atom stereocenters. The third-order valence-electron chi connectivity index (χ3n) is 4.74. The molecule has 0 radical (unpaired) electrons. The fourth-order valence-corrected chi connectivity index (χ4v) is 2.93. The number of furan rings is 1. The number of hydrogen-bond donors (Lipinski definition) is 1. The molecular formula is C23H18O7. The molecule has 2 aromatic carbocycles. The number of aryl methyl sites for hydroxylation is 1. The second-order valence-corrected chi connectivity index (χ2v) is 6.75. The molecule has 0 fully saturated rings. The normalized spacial score (nSPS) is 10.9. The van der Waals surface area contributed by atoms with Crippen LogP contribution in [0.5, 0.6) is 17.2 Å². The Morgan fingerprint density at radius 3 is 2.67 bits per heavy atom. The van der Waals surface area contributed by atoms with Gasteiger partial charge in [-0.25, -0.2) is 4.79 Å². The van der Waals surface area contributed by atoms with Crippen LogP contribution in [0.15, 0.2) is 68.4 Å². The van der Waals surface area contributed by atoms with Crippen LogP contribution < -0.4 is 14.9 Å². The SMILES string of the molecule is Cc1cccc(Oc2coc3cc(OCc4ccc(C(=O)O)o4)ccc3c2=O)c1C. The van der Waals surface area contributed by atoms with Gasteiger partial charge >= 0.3 is 5.97 Å². The Morgan fingerprint density at radius 2 is 1.90 bits per heavy atom. The molecule has 0 saturated carbocycles. The molecule has 4 aromatic rings. The van der Waals surface area contributed by atoms with E-state index < -0.39 is 5.97 Å². The van der Waals surface area contributed by atoms with Gasteiger partial charge in [0.15, 0.2) is 0 Å². The van der Waals surface area contributed by atoms with Crippen LogP contribution in [0.1, 0.15) is 27.4 Å². The average Bonchev–Trinajstić information content (AvgIpc) is 3.21. The molecule has 0 amide bonds. The molecule has 2 aromatic heterocycles. The molecule has 0 aliphatic rings. The number of hydrogen-bond acceptors (Lipinski definition) is 6. The highest BCUT2D eigenvalue weighted by atomic mass is 16.5. The van der Waals surface area contributed by atoms with E-state index in [0.29, 0.717) is 28.2 Å². The summed E-state index contributed by atoms with van der Waals surface area (Å²) in [5.74, 6) is 0.206. The summed E-state index contributed by atoms with van der Waals surface area (Å²) in [6.07, 6.45) is 1.28. The first-order chi connectivity index (χ1) is 14.4. The molecule has 1 N–H and O–H groups in total. The van der Waals surface area contributed by atoms with Gasteiger partial charge in [-0.15, -0.1) is 0 Å². The number of carbonyl (C=O) groups is 1. The number of carboxylic acid groups (broad SMARTS) is 1. The zero-order chi connectivity index (χ0) is 21.3. The summed E-state index contributed by atoms with van der Waals surface area (Å²) >= 11 is 0. The Kier molecular flexibility index (Phi) is 5.02. The van der Waals surface area contributed by atoms with E-state index in [1.807, 2.05) is 26.0 Å². The van der Waals surface area contributed by atoms with Gasteiger partial charge in [0.05, 0.1) is 5.39 Å². The van der Waals surface area contributed by atoms with E-state index in [2.05, 4.69) is 0 Å². The molecule has 0 aliphatic heterocycles. The van der Waals surface area contributed by atoms with Gasteiger partial charge in [0.1, 0.15) is 35.7 Å². The summed E-state index contributed by atoms with van der Waals surface area (Å²) in [6, 6.07) is 13.3. The quantitative estimate of drug-likeness (QED) is 0.477. The Hall–Kier alpha value is -4.00. The number of aromatic carboxylic acids is 1. The van der Waals surface area contributed by atoms with Crippen LogP contribution in [0.3, 0.4) is 0 Å². The van der Waals surface area contributed by atoms with E-state index in [0.717, 1.165) is 11.1 Å². The zero-order valence-corrected chi connectivity index (χ0v) is 16.3. The second-order valence-electron chi connectivity index (χ2n) is 6.75. The Labute approximate surface area is 171 Å². The van der Waals surface area contributed by atoms with Gasteiger partial charge in [-0.05, 0) is 55.3 Å². The van der Waals surface area contributed by atoms with Crippen molar-refractivity contribution in [2.45, 2.75) is 20.5 Å². The summed E-state index contributed by atoms with van der Waals surface area (Å²) in [7, 11) is 0. The smallest absolute Gasteiger partial charge is 0.371 e. The molecule has 0 saturated heterocycles. The van der Waals surface area contributed by atoms with Crippen LogP contribution in [0.4, 0.5) is 0 Å². The van der Waals surface area contributed by atoms with Crippen molar-refractivity contribution in [1.29, 1.82) is 0 Å². The highest BCUT2D eigenvalue weighted by Crippen LogP contribution is 2.27. The summed E-state index contributed by atoms with van der Waals surface area (Å²) in [6.45, 7) is 3.93. The molecule has 4 rings (SSSR count). The molecular weight excluding hydrogens is 388 g/mol. The number of fused-ring (bicyclic) bond motifs is 1. The van der Waals surface area contributed by atoms with Crippen LogP contribution in [0, 0.1) is 13.8 Å². The molecule has 0 spiro atoms. The van der Waals surface area contributed by atoms with E-state index >= 15 is 0 Å². The lowest BCUT2D eigenvalue weighted by Crippen LogP contribution is -2.06. The summed E-state index contributed by atoms with van der Waals surface area (Å²) in [5, 5.41) is 9.24. The third kappa shape index (κ3) is 3.77. The lowest BCUT2D eigenvalue weighted by atomic mass is 10.1. The van der Waals surface area contributed by atoms with Gasteiger partial charge in [-0.1, -0.05) is 12.1 Å². The van der Waals surface area contributed by atoms with Crippen molar-refractivity contribution in [1.82, 2.24) is 0 Å². The van der Waals surface area contributed by atoms with Crippen molar-refractivity contribution in [2.75, 3.05) is 0 Å². The van der Waals surface area contributed by atoms with Gasteiger partial charge in [-0.3, -0.25) is 4.79 Å². The minimum atomic E-state index is -1.15. The average molecular weight is 406 g/mol. The number of carboxylic acids is 1. The minimum absolute atomic E-state index is 0.0385. The van der Waals surface area contributed by atoms with Crippen LogP contribution in [-0.4, -0.2) is 11.1 Å². The molecule has 7 heteroatoms. The molecule has 2 heterocycles. The first-order valence-electron chi connectivity index (χ1n) is 9.17. The molecule has 7 nitrogen and oxygen atoms in total. The van der Waals surface area contributed by atoms with Gasteiger partial charge in [0.2, 0.25) is 16.9 Å². The van der Waals surface area contributed by atoms with Crippen LogP contribution in [0.25, 0.3) is 11.0 Å². The Bertz CT molecular complexity index is 1300. The van der Waals surface area contributed by atoms with Gasteiger partial charge < -0.3 is 23.4 Å². The van der Waals surface area contributed by atoms with Crippen molar-refractivity contribution in [3.05, 3.63) is 87.7 Å². The van der Waals surface area contributed by atoms with E-state index in [9.17, 15) is 9.59 Å². The predicted molar refractivity (Wildman–Crippen MR) is 108 cm³/mol. The fourth-order valence-electron chi connectivity index (χ4n) is 2.93. The molecule has 0 aliphatic carbocycles. The maximum absolute atomic E-state index is 12.8. The molecule has 152 valence electrons. The first kappa shape index (κ1) is 19.3. The highest BCUT2D eigenvalue weighted by Gasteiger charge is 2.13. The monoisotopic (exact) mass is 406 g/mol. The lowest BCUT2D eigenvalue weighted by molar-refractivity contribution is 0.0658. The summed E-state index contributed by atoms with van der Waals surface area (Å²) < 4.78 is 22.1. The number of benzene rings is 2. The van der Waals surface area contributed by atoms with Gasteiger partial charge in [0.25, 0.3) is 0 Å². The number of rotatable bonds is 6. The van der Waals surface area contributed by atoms with E-state index in [1.54, 1.807) is 24.3 Å². The van der Waals surface area contributed by atoms with Gasteiger partial charge in [0, 0.05) is 6.07 Å². The first-order valence-corrected chi connectivity index (χ1v) is 9.17. The van der Waals surface area contributed by atoms with E-state index in [4.69, 9.17) is 23.4 Å². The minimum Gasteiger partial charge on any atom is -0.486 e. The predicted octanol–water partition coefficient (Wildman–Crippen LogP) is 5.07. The highest BCUT2D eigenvalue weighted by molar-refractivity contribution is 5.84.